The second kappa shape index (κ2) is 9.69. The van der Waals surface area contributed by atoms with Crippen molar-refractivity contribution in [2.45, 2.75) is 39.5 Å². The molecule has 0 fully saturated rings. The van der Waals surface area contributed by atoms with Crippen LogP contribution in [0.5, 0.6) is 5.75 Å². The minimum atomic E-state index is -0.196. The number of hydrogen-bond acceptors (Lipinski definition) is 4. The number of amides is 1. The fourth-order valence-corrected chi connectivity index (χ4v) is 3.40. The van der Waals surface area contributed by atoms with E-state index in [4.69, 9.17) is 9.15 Å². The highest BCUT2D eigenvalue weighted by Crippen LogP contribution is 2.28. The highest BCUT2D eigenvalue weighted by atomic mass is 16.5. The number of fused-ring (bicyclic) bond motifs is 1. The molecule has 5 nitrogen and oxygen atoms in total. The van der Waals surface area contributed by atoms with E-state index in [0.717, 1.165) is 18.4 Å². The minimum absolute atomic E-state index is 0.196. The number of benzene rings is 3. The highest BCUT2D eigenvalue weighted by Gasteiger charge is 2.12. The SMILES string of the molecule is CCCCOc1cccc(C(=O)Nc2ccc3oc(-c4ccc(C(C)C)cc4)nc3c2)c1. The van der Waals surface area contributed by atoms with Gasteiger partial charge in [-0.15, -0.1) is 0 Å². The summed E-state index contributed by atoms with van der Waals surface area (Å²) in [5.74, 6) is 1.54. The number of hydrogen-bond donors (Lipinski definition) is 1. The van der Waals surface area contributed by atoms with E-state index in [9.17, 15) is 4.79 Å². The molecular weight excluding hydrogens is 400 g/mol. The Kier molecular flexibility index (Phi) is 6.55. The van der Waals surface area contributed by atoms with E-state index in [1.807, 2.05) is 42.5 Å². The molecule has 0 saturated heterocycles. The second-order valence-electron chi connectivity index (χ2n) is 8.16. The average Bonchev–Trinajstić information content (AvgIpc) is 3.23. The number of anilines is 1. The van der Waals surface area contributed by atoms with E-state index in [-0.39, 0.29) is 5.91 Å². The highest BCUT2D eigenvalue weighted by molar-refractivity contribution is 6.05. The lowest BCUT2D eigenvalue weighted by Gasteiger charge is -2.08. The smallest absolute Gasteiger partial charge is 0.255 e. The molecule has 0 atom stereocenters. The van der Waals surface area contributed by atoms with Crippen LogP contribution < -0.4 is 10.1 Å². The van der Waals surface area contributed by atoms with Gasteiger partial charge in [0.15, 0.2) is 5.58 Å². The van der Waals surface area contributed by atoms with Crippen LogP contribution >= 0.6 is 0 Å². The largest absolute Gasteiger partial charge is 0.494 e. The van der Waals surface area contributed by atoms with Crippen LogP contribution in [0.25, 0.3) is 22.6 Å². The lowest BCUT2D eigenvalue weighted by molar-refractivity contribution is 0.102. The molecule has 164 valence electrons. The molecule has 5 heteroatoms. The maximum Gasteiger partial charge on any atom is 0.255 e. The second-order valence-corrected chi connectivity index (χ2v) is 8.16. The number of ether oxygens (including phenoxy) is 1. The van der Waals surface area contributed by atoms with E-state index in [0.29, 0.717) is 46.5 Å². The van der Waals surface area contributed by atoms with Gasteiger partial charge in [0.25, 0.3) is 5.91 Å². The van der Waals surface area contributed by atoms with Crippen molar-refractivity contribution < 1.29 is 13.9 Å². The van der Waals surface area contributed by atoms with Gasteiger partial charge in [-0.1, -0.05) is 45.4 Å². The first-order valence-electron chi connectivity index (χ1n) is 11.1. The van der Waals surface area contributed by atoms with Gasteiger partial charge in [0.2, 0.25) is 5.89 Å². The molecular formula is C27H28N2O3. The first-order valence-corrected chi connectivity index (χ1v) is 11.1. The van der Waals surface area contributed by atoms with Gasteiger partial charge in [0.05, 0.1) is 6.61 Å². The van der Waals surface area contributed by atoms with Crippen molar-refractivity contribution in [3.05, 3.63) is 77.9 Å². The molecule has 32 heavy (non-hydrogen) atoms. The van der Waals surface area contributed by atoms with Crippen molar-refractivity contribution in [2.75, 3.05) is 11.9 Å². The Morgan fingerprint density at radius 1 is 1.06 bits per heavy atom. The van der Waals surface area contributed by atoms with Gasteiger partial charge in [0.1, 0.15) is 11.3 Å². The molecule has 0 aliphatic carbocycles. The van der Waals surface area contributed by atoms with Crippen molar-refractivity contribution in [2.24, 2.45) is 0 Å². The zero-order valence-electron chi connectivity index (χ0n) is 18.7. The first kappa shape index (κ1) is 21.6. The number of unbranched alkanes of at least 4 members (excludes halogenated alkanes) is 1. The standard InChI is InChI=1S/C27H28N2O3/c1-4-5-15-31-23-8-6-7-21(16-23)26(30)28-22-13-14-25-24(17-22)29-27(32-25)20-11-9-19(10-12-20)18(2)3/h6-14,16-18H,4-5,15H2,1-3H3,(H,28,30). The third-order valence-electron chi connectivity index (χ3n) is 5.33. The lowest BCUT2D eigenvalue weighted by atomic mass is 10.0. The van der Waals surface area contributed by atoms with Gasteiger partial charge in [-0.25, -0.2) is 4.98 Å². The Bertz CT molecular complexity index is 1210. The van der Waals surface area contributed by atoms with Crippen molar-refractivity contribution >= 4 is 22.7 Å². The van der Waals surface area contributed by atoms with Gasteiger partial charge in [0, 0.05) is 16.8 Å². The Morgan fingerprint density at radius 3 is 2.62 bits per heavy atom. The van der Waals surface area contributed by atoms with E-state index in [1.54, 1.807) is 12.1 Å². The van der Waals surface area contributed by atoms with Gasteiger partial charge in [-0.05, 0) is 66.4 Å². The zero-order chi connectivity index (χ0) is 22.5. The molecule has 0 aliphatic heterocycles. The molecule has 0 unspecified atom stereocenters. The number of carbonyl (C=O) groups is 1. The third-order valence-corrected chi connectivity index (χ3v) is 5.33. The van der Waals surface area contributed by atoms with E-state index in [2.05, 4.69) is 43.2 Å². The fourth-order valence-electron chi connectivity index (χ4n) is 3.40. The Labute approximate surface area is 188 Å². The summed E-state index contributed by atoms with van der Waals surface area (Å²) >= 11 is 0. The van der Waals surface area contributed by atoms with Crippen molar-refractivity contribution in [1.29, 1.82) is 0 Å². The predicted octanol–water partition coefficient (Wildman–Crippen LogP) is 7.05. The summed E-state index contributed by atoms with van der Waals surface area (Å²) in [6, 6.07) is 20.9. The van der Waals surface area contributed by atoms with Crippen LogP contribution in [0.1, 0.15) is 55.5 Å². The van der Waals surface area contributed by atoms with Gasteiger partial charge in [-0.2, -0.15) is 0 Å². The van der Waals surface area contributed by atoms with Gasteiger partial charge < -0.3 is 14.5 Å². The molecule has 1 amide bonds. The van der Waals surface area contributed by atoms with Gasteiger partial charge in [-0.3, -0.25) is 4.79 Å². The van der Waals surface area contributed by atoms with Crippen LogP contribution in [0.4, 0.5) is 5.69 Å². The monoisotopic (exact) mass is 428 g/mol. The number of nitrogens with zero attached hydrogens (tertiary/aromatic N) is 1. The molecule has 0 spiro atoms. The number of oxazole rings is 1. The zero-order valence-corrected chi connectivity index (χ0v) is 18.7. The van der Waals surface area contributed by atoms with E-state index in [1.165, 1.54) is 5.56 Å². The quantitative estimate of drug-likeness (QED) is 0.305. The lowest BCUT2D eigenvalue weighted by Crippen LogP contribution is -2.12. The van der Waals surface area contributed by atoms with Crippen molar-refractivity contribution in [3.63, 3.8) is 0 Å². The first-order chi connectivity index (χ1) is 15.5. The number of carbonyl (C=O) groups excluding carboxylic acids is 1. The molecule has 4 aromatic rings. The number of nitrogens with one attached hydrogen (secondary N) is 1. The minimum Gasteiger partial charge on any atom is -0.494 e. The molecule has 1 N–H and O–H groups in total. The molecule has 1 aromatic heterocycles. The van der Waals surface area contributed by atoms with Crippen LogP contribution in [0.2, 0.25) is 0 Å². The topological polar surface area (TPSA) is 64.4 Å². The molecule has 0 radical (unpaired) electrons. The summed E-state index contributed by atoms with van der Waals surface area (Å²) in [5.41, 5.74) is 4.78. The van der Waals surface area contributed by atoms with Crippen LogP contribution in [0.15, 0.2) is 71.1 Å². The summed E-state index contributed by atoms with van der Waals surface area (Å²) < 4.78 is 11.6. The molecule has 0 aliphatic rings. The van der Waals surface area contributed by atoms with Gasteiger partial charge >= 0.3 is 0 Å². The number of rotatable bonds is 8. The number of aromatic nitrogens is 1. The van der Waals surface area contributed by atoms with Crippen LogP contribution in [0, 0.1) is 0 Å². The molecule has 0 bridgehead atoms. The van der Waals surface area contributed by atoms with E-state index >= 15 is 0 Å². The normalized spacial score (nSPS) is 11.1. The molecule has 3 aromatic carbocycles. The third kappa shape index (κ3) is 4.99. The van der Waals surface area contributed by atoms with Crippen LogP contribution in [-0.4, -0.2) is 17.5 Å². The van der Waals surface area contributed by atoms with Crippen molar-refractivity contribution in [1.82, 2.24) is 4.98 Å². The summed E-state index contributed by atoms with van der Waals surface area (Å²) in [6.45, 7) is 7.09. The van der Waals surface area contributed by atoms with Crippen molar-refractivity contribution in [3.8, 4) is 17.2 Å². The molecule has 0 saturated carbocycles. The summed E-state index contributed by atoms with van der Waals surface area (Å²) in [7, 11) is 0. The Balaban J connectivity index is 1.49. The summed E-state index contributed by atoms with van der Waals surface area (Å²) in [6.07, 6.45) is 2.05. The average molecular weight is 429 g/mol. The maximum absolute atomic E-state index is 12.7. The fraction of sp³-hybridized carbons (Fsp3) is 0.259. The Hall–Kier alpha value is -3.60. The predicted molar refractivity (Wildman–Crippen MR) is 128 cm³/mol. The Morgan fingerprint density at radius 2 is 1.88 bits per heavy atom. The summed E-state index contributed by atoms with van der Waals surface area (Å²) in [4.78, 5) is 17.4. The van der Waals surface area contributed by atoms with Crippen LogP contribution in [0.3, 0.4) is 0 Å². The summed E-state index contributed by atoms with van der Waals surface area (Å²) in [5, 5.41) is 2.94. The molecule has 4 rings (SSSR count). The van der Waals surface area contributed by atoms with Crippen LogP contribution in [-0.2, 0) is 0 Å². The maximum atomic E-state index is 12.7. The van der Waals surface area contributed by atoms with E-state index < -0.39 is 0 Å². The molecule has 1 heterocycles.